The number of imide groups is 1. The van der Waals surface area contributed by atoms with E-state index in [-0.39, 0.29) is 11.1 Å². The summed E-state index contributed by atoms with van der Waals surface area (Å²) in [5, 5.41) is 13.4. The van der Waals surface area contributed by atoms with Gasteiger partial charge in [-0.05, 0) is 56.6 Å². The van der Waals surface area contributed by atoms with Gasteiger partial charge in [0.25, 0.3) is 11.1 Å². The van der Waals surface area contributed by atoms with Crippen molar-refractivity contribution in [3.8, 4) is 0 Å². The fourth-order valence-electron chi connectivity index (χ4n) is 4.04. The molecule has 1 unspecified atom stereocenters. The van der Waals surface area contributed by atoms with Crippen molar-refractivity contribution in [2.24, 2.45) is 0 Å². The molecule has 2 aliphatic heterocycles. The number of hydrogen-bond donors (Lipinski definition) is 3. The lowest BCUT2D eigenvalue weighted by molar-refractivity contribution is -0.115. The summed E-state index contributed by atoms with van der Waals surface area (Å²) in [7, 11) is 0. The first-order valence-electron chi connectivity index (χ1n) is 10.5. The zero-order chi connectivity index (χ0) is 20.7. The number of rotatable bonds is 7. The van der Waals surface area contributed by atoms with Gasteiger partial charge < -0.3 is 10.6 Å². The van der Waals surface area contributed by atoms with Crippen LogP contribution in [0.4, 0.5) is 16.4 Å². The van der Waals surface area contributed by atoms with Crippen LogP contribution in [0.1, 0.15) is 38.2 Å². The summed E-state index contributed by atoms with van der Waals surface area (Å²) >= 11 is 0.899. The van der Waals surface area contributed by atoms with Crippen LogP contribution in [0.5, 0.6) is 0 Å². The van der Waals surface area contributed by atoms with Crippen molar-refractivity contribution in [1.82, 2.24) is 24.8 Å². The number of likely N-dealkylation sites (tertiary alicyclic amines) is 1. The molecule has 2 saturated heterocycles. The highest BCUT2D eigenvalue weighted by Crippen LogP contribution is 2.30. The van der Waals surface area contributed by atoms with Gasteiger partial charge >= 0.3 is 0 Å². The highest BCUT2D eigenvalue weighted by Gasteiger charge is 2.27. The SMILES string of the molecule is CCN1CCCC1CNc1cc(NC2CC2)n2ncc(/C=C3\SC(=O)NC3=O)c2n1. The van der Waals surface area contributed by atoms with E-state index >= 15 is 0 Å². The van der Waals surface area contributed by atoms with E-state index in [2.05, 4.69) is 32.9 Å². The second-order valence-corrected chi connectivity index (χ2v) is 8.95. The van der Waals surface area contributed by atoms with Crippen LogP contribution in [0.3, 0.4) is 0 Å². The number of aromatic nitrogens is 3. The van der Waals surface area contributed by atoms with Gasteiger partial charge in [0.15, 0.2) is 5.65 Å². The van der Waals surface area contributed by atoms with Gasteiger partial charge in [0.2, 0.25) is 0 Å². The molecule has 0 radical (unpaired) electrons. The zero-order valence-electron chi connectivity index (χ0n) is 16.9. The van der Waals surface area contributed by atoms with Crippen molar-refractivity contribution in [3.63, 3.8) is 0 Å². The maximum absolute atomic E-state index is 11.9. The number of likely N-dealkylation sites (N-methyl/N-ethyl adjacent to an activating group) is 1. The van der Waals surface area contributed by atoms with E-state index in [4.69, 9.17) is 4.98 Å². The zero-order valence-corrected chi connectivity index (χ0v) is 17.7. The summed E-state index contributed by atoms with van der Waals surface area (Å²) in [5.41, 5.74) is 1.36. The van der Waals surface area contributed by atoms with E-state index in [1.54, 1.807) is 16.8 Å². The van der Waals surface area contributed by atoms with Gasteiger partial charge in [-0.3, -0.25) is 19.8 Å². The Kier molecular flexibility index (Phi) is 5.11. The fraction of sp³-hybridized carbons (Fsp3) is 0.500. The number of nitrogens with one attached hydrogen (secondary N) is 3. The van der Waals surface area contributed by atoms with Gasteiger partial charge in [-0.15, -0.1) is 0 Å². The topological polar surface area (TPSA) is 104 Å². The Morgan fingerprint density at radius 1 is 1.33 bits per heavy atom. The quantitative estimate of drug-likeness (QED) is 0.579. The Morgan fingerprint density at radius 3 is 2.93 bits per heavy atom. The van der Waals surface area contributed by atoms with Crippen LogP contribution >= 0.6 is 11.8 Å². The van der Waals surface area contributed by atoms with Gasteiger partial charge in [0, 0.05) is 30.3 Å². The highest BCUT2D eigenvalue weighted by atomic mass is 32.2. The molecule has 30 heavy (non-hydrogen) atoms. The van der Waals surface area contributed by atoms with E-state index in [1.807, 2.05) is 6.07 Å². The molecule has 10 heteroatoms. The average Bonchev–Trinajstić information content (AvgIpc) is 3.13. The molecule has 1 aliphatic carbocycles. The number of amides is 2. The third-order valence-electron chi connectivity index (χ3n) is 5.78. The van der Waals surface area contributed by atoms with E-state index in [1.165, 1.54) is 12.8 Å². The molecule has 0 bridgehead atoms. The maximum atomic E-state index is 11.9. The van der Waals surface area contributed by atoms with E-state index in [0.717, 1.165) is 55.9 Å². The second kappa shape index (κ2) is 7.92. The highest BCUT2D eigenvalue weighted by molar-refractivity contribution is 8.18. The van der Waals surface area contributed by atoms with Gasteiger partial charge in [0.1, 0.15) is 11.6 Å². The summed E-state index contributed by atoms with van der Waals surface area (Å²) in [6.07, 6.45) is 8.10. The van der Waals surface area contributed by atoms with Crippen LogP contribution in [0.25, 0.3) is 11.7 Å². The molecule has 158 valence electrons. The summed E-state index contributed by atoms with van der Waals surface area (Å²) in [4.78, 5) is 31.1. The van der Waals surface area contributed by atoms with Gasteiger partial charge in [-0.2, -0.15) is 9.61 Å². The number of carbonyl (C=O) groups excluding carboxylic acids is 2. The molecular weight excluding hydrogens is 402 g/mol. The van der Waals surface area contributed by atoms with Crippen molar-refractivity contribution in [2.45, 2.75) is 44.7 Å². The number of hydrogen-bond acceptors (Lipinski definition) is 8. The molecule has 2 aromatic rings. The van der Waals surface area contributed by atoms with Crippen molar-refractivity contribution in [3.05, 3.63) is 22.7 Å². The van der Waals surface area contributed by atoms with Crippen LogP contribution in [-0.2, 0) is 4.79 Å². The smallest absolute Gasteiger partial charge is 0.290 e. The average molecular weight is 428 g/mol. The van der Waals surface area contributed by atoms with Crippen molar-refractivity contribution in [2.75, 3.05) is 30.3 Å². The molecule has 1 atom stereocenters. The van der Waals surface area contributed by atoms with Gasteiger partial charge in [-0.1, -0.05) is 6.92 Å². The van der Waals surface area contributed by atoms with Crippen LogP contribution in [0.15, 0.2) is 17.2 Å². The minimum absolute atomic E-state index is 0.355. The molecule has 1 saturated carbocycles. The molecule has 4 heterocycles. The second-order valence-electron chi connectivity index (χ2n) is 7.94. The van der Waals surface area contributed by atoms with E-state index in [0.29, 0.717) is 28.2 Å². The molecule has 2 amide bonds. The molecular formula is C20H25N7O2S. The predicted molar refractivity (Wildman–Crippen MR) is 117 cm³/mol. The molecule has 3 fully saturated rings. The van der Waals surface area contributed by atoms with Gasteiger partial charge in [-0.25, -0.2) is 4.98 Å². The van der Waals surface area contributed by atoms with Crippen LogP contribution in [0.2, 0.25) is 0 Å². The first-order chi connectivity index (χ1) is 14.6. The summed E-state index contributed by atoms with van der Waals surface area (Å²) in [6, 6.07) is 2.98. The van der Waals surface area contributed by atoms with Crippen molar-refractivity contribution >= 4 is 46.3 Å². The third kappa shape index (κ3) is 3.89. The molecule has 9 nitrogen and oxygen atoms in total. The molecule has 0 spiro atoms. The first-order valence-corrected chi connectivity index (χ1v) is 11.3. The largest absolute Gasteiger partial charge is 0.368 e. The normalized spacial score (nSPS) is 23.5. The van der Waals surface area contributed by atoms with E-state index < -0.39 is 0 Å². The molecule has 5 rings (SSSR count). The molecule has 3 N–H and O–H groups in total. The maximum Gasteiger partial charge on any atom is 0.290 e. The van der Waals surface area contributed by atoms with Crippen LogP contribution < -0.4 is 16.0 Å². The Bertz CT molecular complexity index is 1030. The number of carbonyl (C=O) groups is 2. The number of fused-ring (bicyclic) bond motifs is 1. The Balaban J connectivity index is 1.45. The van der Waals surface area contributed by atoms with E-state index in [9.17, 15) is 9.59 Å². The van der Waals surface area contributed by atoms with Crippen molar-refractivity contribution in [1.29, 1.82) is 0 Å². The van der Waals surface area contributed by atoms with Crippen molar-refractivity contribution < 1.29 is 9.59 Å². The minimum Gasteiger partial charge on any atom is -0.368 e. The Labute approximate surface area is 178 Å². The lowest BCUT2D eigenvalue weighted by atomic mass is 10.2. The van der Waals surface area contributed by atoms with Crippen LogP contribution in [-0.4, -0.2) is 62.4 Å². The summed E-state index contributed by atoms with van der Waals surface area (Å²) < 4.78 is 1.77. The molecule has 2 aromatic heterocycles. The molecule has 3 aliphatic rings. The lowest BCUT2D eigenvalue weighted by Crippen LogP contribution is -2.34. The number of nitrogens with zero attached hydrogens (tertiary/aromatic N) is 4. The third-order valence-corrected chi connectivity index (χ3v) is 6.59. The Hall–Kier alpha value is -2.59. The lowest BCUT2D eigenvalue weighted by Gasteiger charge is -2.23. The fourth-order valence-corrected chi connectivity index (χ4v) is 4.71. The number of anilines is 2. The minimum atomic E-state index is -0.379. The van der Waals surface area contributed by atoms with Gasteiger partial charge in [0.05, 0.1) is 11.1 Å². The monoisotopic (exact) mass is 427 g/mol. The van der Waals surface area contributed by atoms with Crippen LogP contribution in [0, 0.1) is 0 Å². The predicted octanol–water partition coefficient (Wildman–Crippen LogP) is 2.52. The Morgan fingerprint density at radius 2 is 2.20 bits per heavy atom. The number of thioether (sulfide) groups is 1. The standard InChI is InChI=1S/C20H25N7O2S/c1-2-26-7-3-4-14(26)11-21-16-9-17(23-13-5-6-13)27-18(24-16)12(10-22-27)8-15-19(28)25-20(29)30-15/h8-10,13-14,23H,2-7,11H2,1H3,(H,21,24)(H,25,28,29)/b15-8-. The molecule has 0 aromatic carbocycles. The summed E-state index contributed by atoms with van der Waals surface area (Å²) in [5.74, 6) is 1.29. The first kappa shape index (κ1) is 19.4. The summed E-state index contributed by atoms with van der Waals surface area (Å²) in [6.45, 7) is 5.26.